The lowest BCUT2D eigenvalue weighted by molar-refractivity contribution is -0.145. The summed E-state index contributed by atoms with van der Waals surface area (Å²) in [6.45, 7) is 9.99. The van der Waals surface area contributed by atoms with E-state index in [1.807, 2.05) is 41.8 Å². The third kappa shape index (κ3) is 5.26. The highest BCUT2D eigenvalue weighted by atomic mass is 16.5. The molecule has 3 saturated heterocycles. The van der Waals surface area contributed by atoms with E-state index in [9.17, 15) is 9.59 Å². The Hall–Kier alpha value is -2.94. The van der Waals surface area contributed by atoms with Crippen molar-refractivity contribution in [2.24, 2.45) is 11.8 Å². The predicted octanol–water partition coefficient (Wildman–Crippen LogP) is 2.65. The number of amides is 2. The van der Waals surface area contributed by atoms with Gasteiger partial charge in [0, 0.05) is 50.6 Å². The van der Waals surface area contributed by atoms with Crippen LogP contribution in [0.2, 0.25) is 0 Å². The number of carbonyl (C=O) groups is 2. The number of ether oxygens (including phenoxy) is 2. The summed E-state index contributed by atoms with van der Waals surface area (Å²) in [6.07, 6.45) is 3.31. The first kappa shape index (κ1) is 24.7. The third-order valence-electron chi connectivity index (χ3n) is 7.69. The minimum absolute atomic E-state index is 0.0206. The summed E-state index contributed by atoms with van der Waals surface area (Å²) in [6, 6.07) is 5.92. The van der Waals surface area contributed by atoms with Crippen molar-refractivity contribution >= 4 is 28.7 Å². The van der Waals surface area contributed by atoms with Gasteiger partial charge in [-0.3, -0.25) is 9.59 Å². The van der Waals surface area contributed by atoms with Crippen LogP contribution in [0.4, 0.5) is 5.95 Å². The first-order valence-electron chi connectivity index (χ1n) is 13.3. The van der Waals surface area contributed by atoms with Crippen LogP contribution in [0.15, 0.2) is 18.2 Å². The van der Waals surface area contributed by atoms with Gasteiger partial charge in [0.1, 0.15) is 5.75 Å². The molecule has 0 spiro atoms. The minimum atomic E-state index is -0.0646. The van der Waals surface area contributed by atoms with Gasteiger partial charge < -0.3 is 24.2 Å². The number of aromatic nitrogens is 2. The average Bonchev–Trinajstić information content (AvgIpc) is 2.93. The topological polar surface area (TPSA) is 88.1 Å². The van der Waals surface area contributed by atoms with Crippen molar-refractivity contribution in [3.8, 4) is 5.75 Å². The summed E-state index contributed by atoms with van der Waals surface area (Å²) in [7, 11) is 0. The second-order valence-electron chi connectivity index (χ2n) is 10.0. The second-order valence-corrected chi connectivity index (χ2v) is 10.0. The summed E-state index contributed by atoms with van der Waals surface area (Å²) in [5.74, 6) is 1.90. The van der Waals surface area contributed by atoms with Gasteiger partial charge in [-0.05, 0) is 57.7 Å². The van der Waals surface area contributed by atoms with Crippen molar-refractivity contribution in [3.63, 3.8) is 0 Å². The van der Waals surface area contributed by atoms with Crippen LogP contribution in [0.1, 0.15) is 38.3 Å². The molecule has 5 rings (SSSR count). The molecule has 3 fully saturated rings. The van der Waals surface area contributed by atoms with Crippen LogP contribution in [0, 0.1) is 18.8 Å². The molecular formula is C27H37N5O4. The Morgan fingerprint density at radius 3 is 2.44 bits per heavy atom. The smallest absolute Gasteiger partial charge is 0.227 e. The summed E-state index contributed by atoms with van der Waals surface area (Å²) in [5, 5.41) is 0.990. The number of carbonyl (C=O) groups excluding carboxylic acids is 2. The number of hydrogen-bond acceptors (Lipinski definition) is 7. The van der Waals surface area contributed by atoms with Crippen LogP contribution < -0.4 is 9.64 Å². The number of likely N-dealkylation sites (tertiary alicyclic amines) is 1. The summed E-state index contributed by atoms with van der Waals surface area (Å²) >= 11 is 0. The number of nitrogens with zero attached hydrogens (tertiary/aromatic N) is 5. The van der Waals surface area contributed by atoms with Gasteiger partial charge in [-0.2, -0.15) is 0 Å². The number of benzene rings is 1. The maximum absolute atomic E-state index is 13.4. The lowest BCUT2D eigenvalue weighted by atomic mass is 9.92. The van der Waals surface area contributed by atoms with Crippen molar-refractivity contribution in [2.45, 2.75) is 39.5 Å². The molecule has 2 amide bonds. The van der Waals surface area contributed by atoms with E-state index in [0.717, 1.165) is 54.6 Å². The van der Waals surface area contributed by atoms with Gasteiger partial charge in [0.15, 0.2) is 0 Å². The molecule has 1 aromatic carbocycles. The zero-order valence-corrected chi connectivity index (χ0v) is 21.4. The number of piperidine rings is 2. The Balaban J connectivity index is 1.20. The van der Waals surface area contributed by atoms with Crippen molar-refractivity contribution in [1.82, 2.24) is 19.8 Å². The molecule has 1 aromatic heterocycles. The number of anilines is 1. The fourth-order valence-corrected chi connectivity index (χ4v) is 5.65. The van der Waals surface area contributed by atoms with Gasteiger partial charge in [0.25, 0.3) is 0 Å². The fourth-order valence-electron chi connectivity index (χ4n) is 5.65. The van der Waals surface area contributed by atoms with E-state index in [-0.39, 0.29) is 23.7 Å². The van der Waals surface area contributed by atoms with E-state index < -0.39 is 0 Å². The van der Waals surface area contributed by atoms with Gasteiger partial charge in [-0.1, -0.05) is 0 Å². The predicted molar refractivity (Wildman–Crippen MR) is 137 cm³/mol. The molecule has 9 heteroatoms. The number of morpholine rings is 1. The molecule has 4 heterocycles. The third-order valence-corrected chi connectivity index (χ3v) is 7.69. The zero-order valence-electron chi connectivity index (χ0n) is 21.4. The average molecular weight is 496 g/mol. The molecular weight excluding hydrogens is 458 g/mol. The molecule has 0 bridgehead atoms. The van der Waals surface area contributed by atoms with Crippen LogP contribution in [0.25, 0.3) is 10.9 Å². The Morgan fingerprint density at radius 2 is 1.69 bits per heavy atom. The zero-order chi connectivity index (χ0) is 25.1. The van der Waals surface area contributed by atoms with Crippen LogP contribution in [0.5, 0.6) is 5.75 Å². The van der Waals surface area contributed by atoms with E-state index in [4.69, 9.17) is 19.4 Å². The molecule has 194 valence electrons. The number of hydrogen-bond donors (Lipinski definition) is 0. The van der Waals surface area contributed by atoms with Gasteiger partial charge in [0.05, 0.1) is 36.9 Å². The van der Waals surface area contributed by atoms with Crippen LogP contribution >= 0.6 is 0 Å². The molecule has 3 aliphatic heterocycles. The highest BCUT2D eigenvalue weighted by Gasteiger charge is 2.35. The first-order chi connectivity index (χ1) is 17.5. The van der Waals surface area contributed by atoms with Crippen LogP contribution in [0.3, 0.4) is 0 Å². The molecule has 1 unspecified atom stereocenters. The summed E-state index contributed by atoms with van der Waals surface area (Å²) in [4.78, 5) is 41.9. The molecule has 2 aromatic rings. The highest BCUT2D eigenvalue weighted by Crippen LogP contribution is 2.28. The number of rotatable bonds is 5. The van der Waals surface area contributed by atoms with E-state index in [0.29, 0.717) is 58.5 Å². The van der Waals surface area contributed by atoms with E-state index in [2.05, 4.69) is 4.90 Å². The van der Waals surface area contributed by atoms with Gasteiger partial charge in [-0.15, -0.1) is 0 Å². The summed E-state index contributed by atoms with van der Waals surface area (Å²) in [5.41, 5.74) is 1.80. The molecule has 9 nitrogen and oxygen atoms in total. The number of fused-ring (bicyclic) bond motifs is 1. The maximum atomic E-state index is 13.4. The van der Waals surface area contributed by atoms with Gasteiger partial charge >= 0.3 is 0 Å². The first-order valence-corrected chi connectivity index (χ1v) is 13.3. The Kier molecular flexibility index (Phi) is 7.55. The highest BCUT2D eigenvalue weighted by molar-refractivity contribution is 5.84. The van der Waals surface area contributed by atoms with Gasteiger partial charge in [-0.25, -0.2) is 9.97 Å². The molecule has 0 radical (unpaired) electrons. The normalized spacial score (nSPS) is 21.6. The van der Waals surface area contributed by atoms with Crippen molar-refractivity contribution in [3.05, 3.63) is 23.9 Å². The summed E-state index contributed by atoms with van der Waals surface area (Å²) < 4.78 is 11.0. The monoisotopic (exact) mass is 495 g/mol. The molecule has 3 aliphatic rings. The Labute approximate surface area is 212 Å². The SMILES string of the molecule is CCOc1ccc2nc(N3CCCC(C(=O)N4CCC(C(=O)N5CCOCC5)CC4)C3)nc(C)c2c1. The molecule has 0 saturated carbocycles. The largest absolute Gasteiger partial charge is 0.494 e. The fraction of sp³-hybridized carbons (Fsp3) is 0.630. The van der Waals surface area contributed by atoms with Crippen LogP contribution in [-0.2, 0) is 14.3 Å². The Morgan fingerprint density at radius 1 is 0.972 bits per heavy atom. The van der Waals surface area contributed by atoms with Crippen molar-refractivity contribution in [1.29, 1.82) is 0 Å². The standard InChI is InChI=1S/C27H37N5O4/c1-3-36-22-6-7-24-23(17-22)19(2)28-27(29-24)32-10-4-5-21(18-32)26(34)30-11-8-20(9-12-30)25(33)31-13-15-35-16-14-31/h6-7,17,20-21H,3-5,8-16,18H2,1-2H3. The lowest BCUT2D eigenvalue weighted by Crippen LogP contribution is -2.50. The quantitative estimate of drug-likeness (QED) is 0.630. The van der Waals surface area contributed by atoms with Crippen LogP contribution in [-0.4, -0.2) is 90.7 Å². The molecule has 0 aliphatic carbocycles. The minimum Gasteiger partial charge on any atom is -0.494 e. The van der Waals surface area contributed by atoms with Crippen molar-refractivity contribution in [2.75, 3.05) is 64.0 Å². The van der Waals surface area contributed by atoms with Crippen molar-refractivity contribution < 1.29 is 19.1 Å². The molecule has 36 heavy (non-hydrogen) atoms. The molecule has 0 N–H and O–H groups in total. The Bertz CT molecular complexity index is 1100. The maximum Gasteiger partial charge on any atom is 0.227 e. The van der Waals surface area contributed by atoms with Gasteiger partial charge in [0.2, 0.25) is 17.8 Å². The second kappa shape index (κ2) is 11.0. The lowest BCUT2D eigenvalue weighted by Gasteiger charge is -2.39. The van der Waals surface area contributed by atoms with E-state index in [1.54, 1.807) is 0 Å². The van der Waals surface area contributed by atoms with E-state index in [1.165, 1.54) is 0 Å². The van der Waals surface area contributed by atoms with E-state index >= 15 is 0 Å². The number of aryl methyl sites for hydroxylation is 1. The molecule has 1 atom stereocenters.